The van der Waals surface area contributed by atoms with Crippen LogP contribution in [0.1, 0.15) is 16.1 Å². The molecule has 0 bridgehead atoms. The van der Waals surface area contributed by atoms with Crippen molar-refractivity contribution in [3.05, 3.63) is 35.5 Å². The maximum absolute atomic E-state index is 12.1. The van der Waals surface area contributed by atoms with E-state index in [1.54, 1.807) is 0 Å². The maximum Gasteiger partial charge on any atom is 0.279 e. The van der Waals surface area contributed by atoms with Gasteiger partial charge in [0.15, 0.2) is 5.69 Å². The lowest BCUT2D eigenvalue weighted by Crippen LogP contribution is -2.18. The van der Waals surface area contributed by atoms with Crippen molar-refractivity contribution in [1.82, 2.24) is 9.59 Å². The summed E-state index contributed by atoms with van der Waals surface area (Å²) < 4.78 is 3.82. The molecular formula is C12H14N4OS. The summed E-state index contributed by atoms with van der Waals surface area (Å²) in [6.45, 7) is 1.95. The van der Waals surface area contributed by atoms with Gasteiger partial charge in [0.1, 0.15) is 5.00 Å². The number of aryl methyl sites for hydroxylation is 1. The zero-order valence-electron chi connectivity index (χ0n) is 10.5. The summed E-state index contributed by atoms with van der Waals surface area (Å²) in [6.07, 6.45) is 0. The fourth-order valence-electron chi connectivity index (χ4n) is 1.52. The summed E-state index contributed by atoms with van der Waals surface area (Å²) in [4.78, 5) is 13.9. The van der Waals surface area contributed by atoms with Crippen molar-refractivity contribution in [1.29, 1.82) is 0 Å². The van der Waals surface area contributed by atoms with E-state index in [1.807, 2.05) is 50.2 Å². The Labute approximate surface area is 110 Å². The number of carbonyl (C=O) groups excluding carboxylic acids is 1. The molecule has 1 aromatic carbocycles. The van der Waals surface area contributed by atoms with Crippen LogP contribution in [-0.4, -0.2) is 29.6 Å². The first kappa shape index (κ1) is 12.5. The number of amides is 1. The van der Waals surface area contributed by atoms with Gasteiger partial charge in [-0.1, -0.05) is 22.7 Å². The van der Waals surface area contributed by atoms with E-state index in [-0.39, 0.29) is 5.91 Å². The summed E-state index contributed by atoms with van der Waals surface area (Å²) in [5.74, 6) is -0.234. The average Bonchev–Trinajstić information content (AvgIpc) is 2.81. The topological polar surface area (TPSA) is 58.1 Å². The Hall–Kier alpha value is -1.95. The van der Waals surface area contributed by atoms with Crippen LogP contribution in [0.25, 0.3) is 0 Å². The molecule has 0 aliphatic rings. The molecule has 0 saturated carbocycles. The van der Waals surface area contributed by atoms with E-state index in [9.17, 15) is 4.79 Å². The molecule has 0 atom stereocenters. The highest BCUT2D eigenvalue weighted by Gasteiger charge is 2.18. The van der Waals surface area contributed by atoms with Gasteiger partial charge in [0, 0.05) is 31.3 Å². The van der Waals surface area contributed by atoms with Gasteiger partial charge in [-0.2, -0.15) is 0 Å². The summed E-state index contributed by atoms with van der Waals surface area (Å²) in [5.41, 5.74) is 2.16. The van der Waals surface area contributed by atoms with Crippen LogP contribution < -0.4 is 10.2 Å². The molecule has 2 rings (SSSR count). The van der Waals surface area contributed by atoms with Crippen LogP contribution in [0, 0.1) is 6.92 Å². The minimum atomic E-state index is -0.234. The lowest BCUT2D eigenvalue weighted by molar-refractivity contribution is 0.102. The zero-order valence-corrected chi connectivity index (χ0v) is 11.3. The van der Waals surface area contributed by atoms with E-state index in [0.717, 1.165) is 16.3 Å². The summed E-state index contributed by atoms with van der Waals surface area (Å²) in [5, 5.41) is 7.48. The number of benzene rings is 1. The monoisotopic (exact) mass is 262 g/mol. The van der Waals surface area contributed by atoms with E-state index < -0.39 is 0 Å². The molecule has 0 saturated heterocycles. The Kier molecular flexibility index (Phi) is 3.57. The fraction of sp³-hybridized carbons (Fsp3) is 0.250. The van der Waals surface area contributed by atoms with Gasteiger partial charge in [0.2, 0.25) is 0 Å². The molecule has 94 valence electrons. The second-order valence-electron chi connectivity index (χ2n) is 4.09. The van der Waals surface area contributed by atoms with Crippen LogP contribution in [0.4, 0.5) is 10.7 Å². The lowest BCUT2D eigenvalue weighted by atomic mass is 10.2. The van der Waals surface area contributed by atoms with Gasteiger partial charge in [-0.15, -0.1) is 5.10 Å². The number of anilines is 2. The highest BCUT2D eigenvalue weighted by molar-refractivity contribution is 7.10. The highest BCUT2D eigenvalue weighted by Crippen LogP contribution is 2.22. The molecule has 0 unspecified atom stereocenters. The quantitative estimate of drug-likeness (QED) is 0.921. The van der Waals surface area contributed by atoms with Crippen molar-refractivity contribution < 1.29 is 4.79 Å². The van der Waals surface area contributed by atoms with Crippen molar-refractivity contribution in [3.8, 4) is 0 Å². The minimum Gasteiger partial charge on any atom is -0.366 e. The number of para-hydroxylation sites is 1. The molecule has 0 radical (unpaired) electrons. The Balaban J connectivity index is 2.23. The van der Waals surface area contributed by atoms with E-state index in [4.69, 9.17) is 0 Å². The second kappa shape index (κ2) is 5.14. The molecule has 0 aliphatic carbocycles. The van der Waals surface area contributed by atoms with Crippen LogP contribution in [0.2, 0.25) is 0 Å². The predicted molar refractivity (Wildman–Crippen MR) is 73.4 cm³/mol. The molecule has 1 amide bonds. The summed E-state index contributed by atoms with van der Waals surface area (Å²) in [7, 11) is 3.72. The second-order valence-corrected chi connectivity index (χ2v) is 4.82. The van der Waals surface area contributed by atoms with Gasteiger partial charge in [-0.25, -0.2) is 0 Å². The molecule has 2 aromatic rings. The van der Waals surface area contributed by atoms with Crippen molar-refractivity contribution in [2.45, 2.75) is 6.92 Å². The largest absolute Gasteiger partial charge is 0.366 e. The number of hydrogen-bond acceptors (Lipinski definition) is 5. The predicted octanol–water partition coefficient (Wildman–Crippen LogP) is 2.16. The molecule has 6 heteroatoms. The van der Waals surface area contributed by atoms with Crippen molar-refractivity contribution in [2.24, 2.45) is 0 Å². The molecule has 0 fully saturated rings. The van der Waals surface area contributed by atoms with Gasteiger partial charge in [-0.3, -0.25) is 4.79 Å². The zero-order chi connectivity index (χ0) is 13.1. The van der Waals surface area contributed by atoms with Crippen molar-refractivity contribution in [3.63, 3.8) is 0 Å². The standard InChI is InChI=1S/C12H14N4OS/c1-8-6-4-5-7-9(8)13-11(17)10-12(16(2)3)18-15-14-10/h4-7H,1-3H3,(H,13,17). The number of nitrogens with zero attached hydrogens (tertiary/aromatic N) is 3. The van der Waals surface area contributed by atoms with E-state index >= 15 is 0 Å². The smallest absolute Gasteiger partial charge is 0.279 e. The molecule has 1 N–H and O–H groups in total. The van der Waals surface area contributed by atoms with Crippen LogP contribution in [-0.2, 0) is 0 Å². The summed E-state index contributed by atoms with van der Waals surface area (Å²) in [6, 6.07) is 7.62. The van der Waals surface area contributed by atoms with E-state index in [1.165, 1.54) is 11.5 Å². The summed E-state index contributed by atoms with van der Waals surface area (Å²) >= 11 is 1.20. The third kappa shape index (κ3) is 2.48. The fourth-order valence-corrected chi connectivity index (χ4v) is 2.10. The average molecular weight is 262 g/mol. The maximum atomic E-state index is 12.1. The Bertz CT molecular complexity index is 565. The SMILES string of the molecule is Cc1ccccc1NC(=O)c1nnsc1N(C)C. The first-order valence-electron chi connectivity index (χ1n) is 5.46. The first-order chi connectivity index (χ1) is 8.59. The number of carbonyl (C=O) groups is 1. The van der Waals surface area contributed by atoms with Crippen LogP contribution in [0.15, 0.2) is 24.3 Å². The van der Waals surface area contributed by atoms with Gasteiger partial charge in [-0.05, 0) is 18.6 Å². The van der Waals surface area contributed by atoms with Gasteiger partial charge in [0.05, 0.1) is 0 Å². The van der Waals surface area contributed by atoms with E-state index in [2.05, 4.69) is 14.9 Å². The molecule has 1 aromatic heterocycles. The normalized spacial score (nSPS) is 10.2. The molecule has 0 aliphatic heterocycles. The highest BCUT2D eigenvalue weighted by atomic mass is 32.1. The van der Waals surface area contributed by atoms with Crippen molar-refractivity contribution in [2.75, 3.05) is 24.3 Å². The van der Waals surface area contributed by atoms with Crippen LogP contribution in [0.3, 0.4) is 0 Å². The molecule has 5 nitrogen and oxygen atoms in total. The Morgan fingerprint density at radius 2 is 2.06 bits per heavy atom. The number of rotatable bonds is 3. The molecular weight excluding hydrogens is 248 g/mol. The van der Waals surface area contributed by atoms with Crippen LogP contribution >= 0.6 is 11.5 Å². The molecule has 18 heavy (non-hydrogen) atoms. The Morgan fingerprint density at radius 3 is 2.72 bits per heavy atom. The van der Waals surface area contributed by atoms with E-state index in [0.29, 0.717) is 5.69 Å². The van der Waals surface area contributed by atoms with Gasteiger partial charge in [0.25, 0.3) is 5.91 Å². The lowest BCUT2D eigenvalue weighted by Gasteiger charge is -2.11. The molecule has 1 heterocycles. The van der Waals surface area contributed by atoms with Gasteiger partial charge < -0.3 is 10.2 Å². The number of nitrogens with one attached hydrogen (secondary N) is 1. The third-order valence-corrected chi connectivity index (χ3v) is 3.38. The molecule has 0 spiro atoms. The number of hydrogen-bond donors (Lipinski definition) is 1. The minimum absolute atomic E-state index is 0.234. The number of aromatic nitrogens is 2. The van der Waals surface area contributed by atoms with Gasteiger partial charge >= 0.3 is 0 Å². The van der Waals surface area contributed by atoms with Crippen LogP contribution in [0.5, 0.6) is 0 Å². The Morgan fingerprint density at radius 1 is 1.33 bits per heavy atom. The van der Waals surface area contributed by atoms with Crippen molar-refractivity contribution >= 4 is 28.1 Å². The first-order valence-corrected chi connectivity index (χ1v) is 6.23. The third-order valence-electron chi connectivity index (χ3n) is 2.49.